The number of benzene rings is 2. The van der Waals surface area contributed by atoms with Crippen molar-refractivity contribution in [1.29, 1.82) is 0 Å². The summed E-state index contributed by atoms with van der Waals surface area (Å²) in [5.41, 5.74) is 2.12. The van der Waals surface area contributed by atoms with E-state index in [0.717, 1.165) is 28.5 Å². The Morgan fingerprint density at radius 3 is 2.70 bits per heavy atom. The highest BCUT2D eigenvalue weighted by Gasteiger charge is 2.39. The lowest BCUT2D eigenvalue weighted by molar-refractivity contribution is -0.0304. The van der Waals surface area contributed by atoms with Crippen molar-refractivity contribution in [3.8, 4) is 5.75 Å². The third-order valence-electron chi connectivity index (χ3n) is 5.55. The van der Waals surface area contributed by atoms with Crippen LogP contribution in [0.15, 0.2) is 48.5 Å². The van der Waals surface area contributed by atoms with Crippen LogP contribution in [-0.4, -0.2) is 41.1 Å². The van der Waals surface area contributed by atoms with Crippen molar-refractivity contribution in [2.24, 2.45) is 0 Å². The van der Waals surface area contributed by atoms with E-state index in [1.54, 1.807) is 12.0 Å². The van der Waals surface area contributed by atoms with Gasteiger partial charge in [0, 0.05) is 23.0 Å². The minimum atomic E-state index is -1.11. The molecular weight excluding hydrogens is 340 g/mol. The number of H-pyrrole nitrogens is 1. The van der Waals surface area contributed by atoms with Crippen LogP contribution in [0.2, 0.25) is 0 Å². The number of β-amino-alcohol motifs (C(OH)–C–C–N with tert-alkyl or cyclic N) is 1. The Morgan fingerprint density at radius 1 is 1.19 bits per heavy atom. The SMILES string of the molecule is COc1ccccc1C1(O)CCCN(C(=O)c2[nH]c3ccccc3c2C)C1. The van der Waals surface area contributed by atoms with E-state index in [2.05, 4.69) is 4.98 Å². The maximum Gasteiger partial charge on any atom is 0.270 e. The zero-order valence-electron chi connectivity index (χ0n) is 15.7. The molecule has 1 atom stereocenters. The van der Waals surface area contributed by atoms with Crippen LogP contribution in [0.1, 0.15) is 34.5 Å². The number of carbonyl (C=O) groups is 1. The largest absolute Gasteiger partial charge is 0.496 e. The standard InChI is InChI=1S/C22H24N2O3/c1-15-16-8-3-5-10-18(16)23-20(15)21(25)24-13-7-12-22(26,14-24)17-9-4-6-11-19(17)27-2/h3-6,8-11,23,26H,7,12-14H2,1-2H3. The van der Waals surface area contributed by atoms with E-state index < -0.39 is 5.60 Å². The van der Waals surface area contributed by atoms with Gasteiger partial charge >= 0.3 is 0 Å². The number of para-hydroxylation sites is 2. The summed E-state index contributed by atoms with van der Waals surface area (Å²) in [5.74, 6) is 0.577. The van der Waals surface area contributed by atoms with E-state index in [-0.39, 0.29) is 12.5 Å². The summed E-state index contributed by atoms with van der Waals surface area (Å²) in [6, 6.07) is 15.4. The number of methoxy groups -OCH3 is 1. The fraction of sp³-hybridized carbons (Fsp3) is 0.318. The number of hydrogen-bond donors (Lipinski definition) is 2. The molecule has 2 N–H and O–H groups in total. The van der Waals surface area contributed by atoms with E-state index >= 15 is 0 Å². The fourth-order valence-corrected chi connectivity index (χ4v) is 4.11. The lowest BCUT2D eigenvalue weighted by Gasteiger charge is -2.40. The second-order valence-corrected chi connectivity index (χ2v) is 7.23. The number of aromatic nitrogens is 1. The van der Waals surface area contributed by atoms with Crippen molar-refractivity contribution >= 4 is 16.8 Å². The van der Waals surface area contributed by atoms with Gasteiger partial charge in [-0.1, -0.05) is 36.4 Å². The minimum absolute atomic E-state index is 0.0725. The van der Waals surface area contributed by atoms with Crippen molar-refractivity contribution in [1.82, 2.24) is 9.88 Å². The summed E-state index contributed by atoms with van der Waals surface area (Å²) in [4.78, 5) is 18.2. The molecule has 4 rings (SSSR count). The van der Waals surface area contributed by atoms with Crippen LogP contribution in [0.5, 0.6) is 5.75 Å². The first-order valence-corrected chi connectivity index (χ1v) is 9.26. The molecule has 5 heteroatoms. The molecule has 1 aliphatic rings. The first-order chi connectivity index (χ1) is 13.0. The maximum absolute atomic E-state index is 13.2. The number of nitrogens with one attached hydrogen (secondary N) is 1. The Morgan fingerprint density at radius 2 is 1.93 bits per heavy atom. The van der Waals surface area contributed by atoms with Crippen molar-refractivity contribution in [3.05, 3.63) is 65.4 Å². The average Bonchev–Trinajstić information content (AvgIpc) is 3.04. The monoisotopic (exact) mass is 364 g/mol. The van der Waals surface area contributed by atoms with Gasteiger partial charge in [0.25, 0.3) is 5.91 Å². The molecule has 140 valence electrons. The lowest BCUT2D eigenvalue weighted by Crippen LogP contribution is -2.48. The molecule has 1 amide bonds. The first-order valence-electron chi connectivity index (χ1n) is 9.26. The number of amides is 1. The van der Waals surface area contributed by atoms with Gasteiger partial charge in [-0.15, -0.1) is 0 Å². The minimum Gasteiger partial charge on any atom is -0.496 e. The number of nitrogens with zero attached hydrogens (tertiary/aromatic N) is 1. The quantitative estimate of drug-likeness (QED) is 0.746. The van der Waals surface area contributed by atoms with Gasteiger partial charge in [0.1, 0.15) is 17.0 Å². The number of fused-ring (bicyclic) bond motifs is 1. The summed E-state index contributed by atoms with van der Waals surface area (Å²) in [6.07, 6.45) is 1.34. The molecular formula is C22H24N2O3. The van der Waals surface area contributed by atoms with Gasteiger partial charge in [-0.05, 0) is 37.5 Å². The third-order valence-corrected chi connectivity index (χ3v) is 5.55. The van der Waals surface area contributed by atoms with Gasteiger partial charge in [0.05, 0.1) is 13.7 Å². The number of ether oxygens (including phenoxy) is 1. The molecule has 0 spiro atoms. The first kappa shape index (κ1) is 17.6. The zero-order valence-corrected chi connectivity index (χ0v) is 15.7. The number of piperidine rings is 1. The molecule has 1 aliphatic heterocycles. The Kier molecular flexibility index (Phi) is 4.40. The van der Waals surface area contributed by atoms with Gasteiger partial charge in [0.15, 0.2) is 0 Å². The fourth-order valence-electron chi connectivity index (χ4n) is 4.11. The number of aliphatic hydroxyl groups is 1. The van der Waals surface area contributed by atoms with Gasteiger partial charge in [-0.25, -0.2) is 0 Å². The van der Waals surface area contributed by atoms with E-state index in [1.807, 2.05) is 55.5 Å². The number of hydrogen-bond acceptors (Lipinski definition) is 3. The highest BCUT2D eigenvalue weighted by Crippen LogP contribution is 2.37. The van der Waals surface area contributed by atoms with Crippen LogP contribution in [0.25, 0.3) is 10.9 Å². The molecule has 1 aromatic heterocycles. The van der Waals surface area contributed by atoms with Crippen molar-refractivity contribution < 1.29 is 14.6 Å². The molecule has 2 heterocycles. The maximum atomic E-state index is 13.2. The van der Waals surface area contributed by atoms with Crippen LogP contribution < -0.4 is 4.74 Å². The molecule has 1 saturated heterocycles. The molecule has 5 nitrogen and oxygen atoms in total. The molecule has 1 unspecified atom stereocenters. The topological polar surface area (TPSA) is 65.6 Å². The highest BCUT2D eigenvalue weighted by atomic mass is 16.5. The van der Waals surface area contributed by atoms with Gasteiger partial charge in [-0.2, -0.15) is 0 Å². The third kappa shape index (κ3) is 2.98. The molecule has 3 aromatic rings. The lowest BCUT2D eigenvalue weighted by atomic mass is 9.85. The van der Waals surface area contributed by atoms with Gasteiger partial charge < -0.3 is 19.7 Å². The van der Waals surface area contributed by atoms with E-state index in [0.29, 0.717) is 24.4 Å². The van der Waals surface area contributed by atoms with E-state index in [9.17, 15) is 9.90 Å². The number of likely N-dealkylation sites (tertiary alicyclic amines) is 1. The Labute approximate surface area is 158 Å². The molecule has 0 radical (unpaired) electrons. The van der Waals surface area contributed by atoms with Crippen molar-refractivity contribution in [2.75, 3.05) is 20.2 Å². The molecule has 0 bridgehead atoms. The molecule has 2 aromatic carbocycles. The second kappa shape index (κ2) is 6.74. The Balaban J connectivity index is 1.66. The van der Waals surface area contributed by atoms with Crippen LogP contribution in [-0.2, 0) is 5.60 Å². The van der Waals surface area contributed by atoms with Crippen LogP contribution >= 0.6 is 0 Å². The number of rotatable bonds is 3. The number of carbonyl (C=O) groups excluding carboxylic acids is 1. The number of aryl methyl sites for hydroxylation is 1. The normalized spacial score (nSPS) is 20.0. The smallest absolute Gasteiger partial charge is 0.270 e. The molecule has 27 heavy (non-hydrogen) atoms. The van der Waals surface area contributed by atoms with E-state index in [1.165, 1.54) is 0 Å². The highest BCUT2D eigenvalue weighted by molar-refractivity contribution is 6.01. The molecule has 1 fully saturated rings. The van der Waals surface area contributed by atoms with Gasteiger partial charge in [0.2, 0.25) is 0 Å². The summed E-state index contributed by atoms with van der Waals surface area (Å²) in [6.45, 7) is 2.84. The Bertz CT molecular complexity index is 994. The predicted molar refractivity (Wildman–Crippen MR) is 105 cm³/mol. The average molecular weight is 364 g/mol. The van der Waals surface area contributed by atoms with Gasteiger partial charge in [-0.3, -0.25) is 4.79 Å². The van der Waals surface area contributed by atoms with Crippen LogP contribution in [0.3, 0.4) is 0 Å². The summed E-state index contributed by atoms with van der Waals surface area (Å²) in [5, 5.41) is 12.4. The second-order valence-electron chi connectivity index (χ2n) is 7.23. The molecule has 0 saturated carbocycles. The summed E-state index contributed by atoms with van der Waals surface area (Å²) in [7, 11) is 1.60. The van der Waals surface area contributed by atoms with Crippen LogP contribution in [0, 0.1) is 6.92 Å². The zero-order chi connectivity index (χ0) is 19.0. The summed E-state index contributed by atoms with van der Waals surface area (Å²) >= 11 is 0. The van der Waals surface area contributed by atoms with E-state index in [4.69, 9.17) is 4.74 Å². The van der Waals surface area contributed by atoms with Crippen molar-refractivity contribution in [3.63, 3.8) is 0 Å². The summed E-state index contributed by atoms with van der Waals surface area (Å²) < 4.78 is 5.43. The molecule has 0 aliphatic carbocycles. The van der Waals surface area contributed by atoms with Crippen molar-refractivity contribution in [2.45, 2.75) is 25.4 Å². The predicted octanol–water partition coefficient (Wildman–Crippen LogP) is 3.61. The van der Waals surface area contributed by atoms with Crippen LogP contribution in [0.4, 0.5) is 0 Å². The number of aromatic amines is 1. The Hall–Kier alpha value is -2.79.